The summed E-state index contributed by atoms with van der Waals surface area (Å²) in [6.07, 6.45) is 1.32. The molecule has 1 aromatic heterocycles. The Hall–Kier alpha value is -4.01. The van der Waals surface area contributed by atoms with Gasteiger partial charge in [0.1, 0.15) is 18.1 Å². The average Bonchev–Trinajstić information content (AvgIpc) is 3.27. The van der Waals surface area contributed by atoms with Gasteiger partial charge in [-0.3, -0.25) is 24.0 Å². The second kappa shape index (κ2) is 13.6. The fourth-order valence-corrected chi connectivity index (χ4v) is 2.98. The number of rotatable bonds is 15. The van der Waals surface area contributed by atoms with Gasteiger partial charge in [0.15, 0.2) is 0 Å². The zero-order valence-electron chi connectivity index (χ0n) is 19.2. The number of carboxylic acid groups (broad SMARTS) is 3. The molecule has 1 rings (SSSR count). The van der Waals surface area contributed by atoms with Gasteiger partial charge in [0, 0.05) is 18.3 Å². The van der Waals surface area contributed by atoms with Crippen molar-refractivity contribution in [3.8, 4) is 0 Å². The van der Waals surface area contributed by atoms with Gasteiger partial charge in [-0.1, -0.05) is 20.3 Å². The molecule has 1 heterocycles. The minimum Gasteiger partial charge on any atom is -0.481 e. The Labute approximate surface area is 199 Å². The Morgan fingerprint density at radius 3 is 2.00 bits per heavy atom. The molecule has 5 atom stereocenters. The van der Waals surface area contributed by atoms with E-state index in [1.54, 1.807) is 13.8 Å². The molecule has 0 aromatic carbocycles. The number of carbonyl (C=O) groups is 6. The number of hydrogen-bond acceptors (Lipinski definition) is 8. The van der Waals surface area contributed by atoms with E-state index in [4.69, 9.17) is 10.8 Å². The van der Waals surface area contributed by atoms with Gasteiger partial charge in [-0.2, -0.15) is 0 Å². The molecule has 15 nitrogen and oxygen atoms in total. The summed E-state index contributed by atoms with van der Waals surface area (Å²) >= 11 is 0. The lowest BCUT2D eigenvalue weighted by Gasteiger charge is -2.25. The second-order valence-electron chi connectivity index (χ2n) is 7.92. The Bertz CT molecular complexity index is 920. The number of aromatic nitrogens is 2. The maximum Gasteiger partial charge on any atom is 0.326 e. The lowest BCUT2D eigenvalue weighted by molar-refractivity contribution is -0.144. The summed E-state index contributed by atoms with van der Waals surface area (Å²) in [5, 5.41) is 34.1. The van der Waals surface area contributed by atoms with Gasteiger partial charge in [0.05, 0.1) is 25.2 Å². The fraction of sp³-hybridized carbons (Fsp3) is 0.550. The lowest BCUT2D eigenvalue weighted by atomic mass is 9.98. The van der Waals surface area contributed by atoms with Crippen molar-refractivity contribution in [3.05, 3.63) is 18.2 Å². The molecule has 0 fully saturated rings. The van der Waals surface area contributed by atoms with Gasteiger partial charge in [-0.05, 0) is 5.92 Å². The number of H-pyrrole nitrogens is 1. The van der Waals surface area contributed by atoms with Crippen molar-refractivity contribution >= 4 is 35.6 Å². The molecule has 1 aromatic rings. The van der Waals surface area contributed by atoms with Crippen LogP contribution in [0.2, 0.25) is 0 Å². The topological polar surface area (TPSA) is 254 Å². The molecule has 0 spiro atoms. The molecule has 0 aliphatic heterocycles. The van der Waals surface area contributed by atoms with E-state index < -0.39 is 78.6 Å². The van der Waals surface area contributed by atoms with E-state index >= 15 is 0 Å². The summed E-state index contributed by atoms with van der Waals surface area (Å²) in [6.45, 7) is 3.29. The van der Waals surface area contributed by atoms with Gasteiger partial charge in [0.25, 0.3) is 0 Å². The molecule has 0 bridgehead atoms. The summed E-state index contributed by atoms with van der Waals surface area (Å²) in [7, 11) is 0. The second-order valence-corrected chi connectivity index (χ2v) is 7.92. The van der Waals surface area contributed by atoms with Crippen LogP contribution in [0.1, 0.15) is 38.8 Å². The summed E-state index contributed by atoms with van der Waals surface area (Å²) in [5.41, 5.74) is 5.93. The molecular weight excluding hydrogens is 468 g/mol. The maximum atomic E-state index is 12.9. The maximum absolute atomic E-state index is 12.9. The van der Waals surface area contributed by atoms with Gasteiger partial charge in [0.2, 0.25) is 17.7 Å². The Morgan fingerprint density at radius 2 is 1.51 bits per heavy atom. The third kappa shape index (κ3) is 9.79. The highest BCUT2D eigenvalue weighted by atomic mass is 16.4. The van der Waals surface area contributed by atoms with Crippen molar-refractivity contribution in [2.75, 3.05) is 0 Å². The molecular formula is C20H30N6O9. The third-order valence-electron chi connectivity index (χ3n) is 5.13. The number of nitrogens with two attached hydrogens (primary N) is 1. The van der Waals surface area contributed by atoms with Crippen molar-refractivity contribution in [1.29, 1.82) is 0 Å². The molecule has 0 saturated carbocycles. The quantitative estimate of drug-likeness (QED) is 0.129. The predicted octanol–water partition coefficient (Wildman–Crippen LogP) is -2.19. The van der Waals surface area contributed by atoms with Crippen LogP contribution in [0.15, 0.2) is 12.5 Å². The average molecular weight is 498 g/mol. The highest BCUT2D eigenvalue weighted by Crippen LogP contribution is 2.09. The number of carbonyl (C=O) groups excluding carboxylic acids is 3. The molecule has 9 N–H and O–H groups in total. The zero-order valence-corrected chi connectivity index (χ0v) is 19.2. The predicted molar refractivity (Wildman–Crippen MR) is 118 cm³/mol. The Balaban J connectivity index is 3.09. The van der Waals surface area contributed by atoms with Crippen LogP contribution in [0.4, 0.5) is 0 Å². The number of hydrogen-bond donors (Lipinski definition) is 8. The number of amides is 3. The van der Waals surface area contributed by atoms with Crippen LogP contribution in [0.25, 0.3) is 0 Å². The number of carboxylic acids is 3. The fourth-order valence-electron chi connectivity index (χ4n) is 2.98. The summed E-state index contributed by atoms with van der Waals surface area (Å²) < 4.78 is 0. The van der Waals surface area contributed by atoms with E-state index in [9.17, 15) is 39.0 Å². The highest BCUT2D eigenvalue weighted by Gasteiger charge is 2.33. The molecule has 0 aliphatic carbocycles. The number of aromatic amines is 1. The van der Waals surface area contributed by atoms with E-state index in [1.165, 1.54) is 12.5 Å². The first-order valence-corrected chi connectivity index (χ1v) is 10.7. The summed E-state index contributed by atoms with van der Waals surface area (Å²) in [5.74, 6) is -7.58. The van der Waals surface area contributed by atoms with Crippen LogP contribution in [0.3, 0.4) is 0 Å². The third-order valence-corrected chi connectivity index (χ3v) is 5.13. The van der Waals surface area contributed by atoms with Crippen molar-refractivity contribution in [1.82, 2.24) is 25.9 Å². The first kappa shape index (κ1) is 29.0. The van der Waals surface area contributed by atoms with E-state index in [-0.39, 0.29) is 6.42 Å². The van der Waals surface area contributed by atoms with E-state index in [0.717, 1.165) is 0 Å². The SMILES string of the molecule is CCC(C)C(NC(=O)C(CC(=O)O)NC(=O)C(Cc1cnc[nH]1)NC(=O)C(N)CC(=O)O)C(=O)O. The van der Waals surface area contributed by atoms with Crippen molar-refractivity contribution < 1.29 is 44.1 Å². The monoisotopic (exact) mass is 498 g/mol. The van der Waals surface area contributed by atoms with Crippen LogP contribution in [-0.4, -0.2) is 85.1 Å². The first-order chi connectivity index (χ1) is 16.3. The Kier molecular flexibility index (Phi) is 11.3. The van der Waals surface area contributed by atoms with Gasteiger partial charge in [-0.25, -0.2) is 9.78 Å². The largest absolute Gasteiger partial charge is 0.481 e. The van der Waals surface area contributed by atoms with Crippen molar-refractivity contribution in [2.45, 2.75) is 63.7 Å². The van der Waals surface area contributed by atoms with E-state index in [0.29, 0.717) is 12.1 Å². The molecule has 0 aliphatic rings. The van der Waals surface area contributed by atoms with Crippen LogP contribution < -0.4 is 21.7 Å². The minimum atomic E-state index is -1.67. The van der Waals surface area contributed by atoms with Crippen LogP contribution in [-0.2, 0) is 35.2 Å². The number of aliphatic carboxylic acids is 3. The zero-order chi connectivity index (χ0) is 26.7. The van der Waals surface area contributed by atoms with Gasteiger partial charge >= 0.3 is 17.9 Å². The molecule has 3 amide bonds. The smallest absolute Gasteiger partial charge is 0.326 e. The molecule has 0 saturated heterocycles. The van der Waals surface area contributed by atoms with Gasteiger partial charge in [-0.15, -0.1) is 0 Å². The first-order valence-electron chi connectivity index (χ1n) is 10.7. The molecule has 35 heavy (non-hydrogen) atoms. The number of nitrogens with zero attached hydrogens (tertiary/aromatic N) is 1. The lowest BCUT2D eigenvalue weighted by Crippen LogP contribution is -2.58. The highest BCUT2D eigenvalue weighted by molar-refractivity contribution is 5.96. The van der Waals surface area contributed by atoms with Crippen molar-refractivity contribution in [2.24, 2.45) is 11.7 Å². The van der Waals surface area contributed by atoms with Crippen LogP contribution in [0, 0.1) is 5.92 Å². The van der Waals surface area contributed by atoms with Crippen molar-refractivity contribution in [3.63, 3.8) is 0 Å². The van der Waals surface area contributed by atoms with Crippen LogP contribution in [0.5, 0.6) is 0 Å². The minimum absolute atomic E-state index is 0.177. The number of nitrogens with one attached hydrogen (secondary N) is 4. The van der Waals surface area contributed by atoms with Crippen LogP contribution >= 0.6 is 0 Å². The standard InChI is InChI=1S/C20H30N6O9/c1-3-9(2)16(20(34)35)26-19(33)13(6-15(29)30)25-18(32)12(4-10-7-22-8-23-10)24-17(31)11(21)5-14(27)28/h7-9,11-13,16H,3-6,21H2,1-2H3,(H,22,23)(H,24,31)(H,25,32)(H,26,33)(H,27,28)(H,29,30)(H,34,35). The molecule has 15 heteroatoms. The summed E-state index contributed by atoms with van der Waals surface area (Å²) in [6, 6.07) is -5.86. The Morgan fingerprint density at radius 1 is 0.943 bits per heavy atom. The molecule has 194 valence electrons. The molecule has 0 radical (unpaired) electrons. The number of imidazole rings is 1. The van der Waals surface area contributed by atoms with Gasteiger partial charge < -0.3 is 42.0 Å². The van der Waals surface area contributed by atoms with E-state index in [1.807, 2.05) is 0 Å². The van der Waals surface area contributed by atoms with E-state index in [2.05, 4.69) is 25.9 Å². The normalized spacial score (nSPS) is 15.1. The summed E-state index contributed by atoms with van der Waals surface area (Å²) in [4.78, 5) is 78.1. The molecule has 5 unspecified atom stereocenters.